The Balaban J connectivity index is 0.862. The normalized spacial score (nSPS) is 14.6. The van der Waals surface area contributed by atoms with Crippen LogP contribution >= 0.6 is 0 Å². The highest BCUT2D eigenvalue weighted by molar-refractivity contribution is 5.96. The molecule has 3 heterocycles. The van der Waals surface area contributed by atoms with E-state index in [1.165, 1.54) is 93.9 Å². The maximum absolute atomic E-state index is 6.55. The summed E-state index contributed by atoms with van der Waals surface area (Å²) >= 11 is 0. The van der Waals surface area contributed by atoms with Crippen LogP contribution in [0.15, 0.2) is 206 Å². The molecular weight excluding hydrogens is 871 g/mol. The monoisotopic (exact) mass is 925 g/mol. The first-order chi connectivity index (χ1) is 34.8. The third-order valence-corrected chi connectivity index (χ3v) is 15.8. The van der Waals surface area contributed by atoms with Gasteiger partial charge in [0.25, 0.3) is 0 Å². The van der Waals surface area contributed by atoms with Gasteiger partial charge in [-0.15, -0.1) is 0 Å². The first-order valence-electron chi connectivity index (χ1n) is 24.9. The van der Waals surface area contributed by atoms with Crippen molar-refractivity contribution >= 4 is 49.4 Å². The van der Waals surface area contributed by atoms with Crippen LogP contribution in [-0.4, -0.2) is 20.2 Å². The van der Waals surface area contributed by atoms with Crippen LogP contribution in [0.5, 0.6) is 17.2 Å². The van der Waals surface area contributed by atoms with Crippen molar-refractivity contribution in [2.24, 2.45) is 0 Å². The second-order valence-electron chi connectivity index (χ2n) is 20.2. The van der Waals surface area contributed by atoms with Gasteiger partial charge in [0.2, 0.25) is 0 Å². The van der Waals surface area contributed by atoms with Crippen molar-refractivity contribution in [2.45, 2.75) is 51.2 Å². The minimum atomic E-state index is -0.537. The van der Waals surface area contributed by atoms with E-state index in [4.69, 9.17) is 14.2 Å². The van der Waals surface area contributed by atoms with Crippen molar-refractivity contribution in [1.29, 1.82) is 0 Å². The maximum atomic E-state index is 6.55. The molecule has 10 aromatic carbocycles. The summed E-state index contributed by atoms with van der Waals surface area (Å²) < 4.78 is 19.5. The van der Waals surface area contributed by atoms with Gasteiger partial charge in [-0.25, -0.2) is 0 Å². The van der Waals surface area contributed by atoms with E-state index in [2.05, 4.69) is 242 Å². The molecule has 348 valence electrons. The van der Waals surface area contributed by atoms with E-state index in [9.17, 15) is 0 Å². The van der Waals surface area contributed by atoms with E-state index in [1.807, 2.05) is 0 Å². The summed E-state index contributed by atoms with van der Waals surface area (Å²) in [5, 5.41) is 7.38. The topological polar surface area (TPSA) is 37.4 Å². The number of benzene rings is 10. The lowest BCUT2D eigenvalue weighted by Crippen LogP contribution is -2.33. The summed E-state index contributed by atoms with van der Waals surface area (Å²) in [5.74, 6) is 2.83. The molecule has 0 aliphatic carbocycles. The molecule has 0 N–H and O–H groups in total. The van der Waals surface area contributed by atoms with Gasteiger partial charge in [-0.1, -0.05) is 166 Å². The van der Waals surface area contributed by atoms with Crippen molar-refractivity contribution < 1.29 is 14.2 Å². The quantitative estimate of drug-likeness (QED) is 0.141. The molecule has 0 atom stereocenters. The van der Waals surface area contributed by atoms with Gasteiger partial charge >= 0.3 is 0 Å². The highest BCUT2D eigenvalue weighted by Crippen LogP contribution is 2.46. The van der Waals surface area contributed by atoms with Gasteiger partial charge in [0.15, 0.2) is 20.2 Å². The number of anilines is 3. The fraction of sp³-hybridized carbons (Fsp3) is 0.169. The van der Waals surface area contributed by atoms with Gasteiger partial charge in [-0.3, -0.25) is 0 Å². The molecule has 0 aromatic heterocycles. The molecule has 3 aliphatic rings. The predicted octanol–water partition coefficient (Wildman–Crippen LogP) is 14.9. The first kappa shape index (κ1) is 42.8. The Labute approximate surface area is 415 Å². The molecule has 10 aromatic rings. The van der Waals surface area contributed by atoms with Crippen LogP contribution in [-0.2, 0) is 30.5 Å². The van der Waals surface area contributed by atoms with E-state index in [-0.39, 0.29) is 5.41 Å². The summed E-state index contributed by atoms with van der Waals surface area (Å²) in [7, 11) is 0. The molecule has 6 nitrogen and oxygen atoms in total. The lowest BCUT2D eigenvalue weighted by atomic mass is 9.69. The summed E-state index contributed by atoms with van der Waals surface area (Å²) in [5.41, 5.74) is 12.4. The first-order valence-corrected chi connectivity index (χ1v) is 24.9. The smallest absolute Gasteiger partial charge is 0.161 e. The summed E-state index contributed by atoms with van der Waals surface area (Å²) in [6.07, 6.45) is 0. The van der Waals surface area contributed by atoms with E-state index in [0.29, 0.717) is 20.2 Å². The van der Waals surface area contributed by atoms with Gasteiger partial charge in [0.1, 0.15) is 17.2 Å². The number of ether oxygens (including phenoxy) is 3. The molecule has 0 spiro atoms. The molecule has 3 aliphatic heterocycles. The third-order valence-electron chi connectivity index (χ3n) is 15.8. The molecule has 0 bridgehead atoms. The van der Waals surface area contributed by atoms with Gasteiger partial charge < -0.3 is 28.9 Å². The predicted molar refractivity (Wildman–Crippen MR) is 290 cm³/mol. The van der Waals surface area contributed by atoms with Crippen LogP contribution in [0.4, 0.5) is 17.1 Å². The fourth-order valence-corrected chi connectivity index (χ4v) is 11.5. The summed E-state index contributed by atoms with van der Waals surface area (Å²) in [6.45, 7) is 10.8. The van der Waals surface area contributed by atoms with Gasteiger partial charge in [0.05, 0.1) is 0 Å². The number of rotatable bonds is 8. The fourth-order valence-electron chi connectivity index (χ4n) is 11.5. The molecule has 6 heteroatoms. The van der Waals surface area contributed by atoms with E-state index in [0.717, 1.165) is 36.9 Å². The van der Waals surface area contributed by atoms with Gasteiger partial charge in [0, 0.05) is 80.4 Å². The van der Waals surface area contributed by atoms with Crippen molar-refractivity contribution in [3.05, 3.63) is 251 Å². The highest BCUT2D eigenvalue weighted by Gasteiger charge is 2.36. The number of hydrogen-bond donors (Lipinski definition) is 0. The lowest BCUT2D eigenvalue weighted by Gasteiger charge is -2.37. The van der Waals surface area contributed by atoms with Crippen molar-refractivity contribution in [1.82, 2.24) is 0 Å². The molecule has 0 unspecified atom stereocenters. The second kappa shape index (κ2) is 17.0. The zero-order valence-corrected chi connectivity index (χ0v) is 40.4. The van der Waals surface area contributed by atoms with Crippen LogP contribution < -0.4 is 28.9 Å². The van der Waals surface area contributed by atoms with Crippen LogP contribution in [0.25, 0.3) is 32.3 Å². The molecule has 0 saturated carbocycles. The van der Waals surface area contributed by atoms with Crippen molar-refractivity contribution in [3.63, 3.8) is 0 Å². The average Bonchev–Trinajstić information content (AvgIpc) is 3.43. The Hall–Kier alpha value is -8.22. The van der Waals surface area contributed by atoms with Crippen LogP contribution in [0.1, 0.15) is 65.3 Å². The number of nitrogens with zero attached hydrogens (tertiary/aromatic N) is 3. The Morgan fingerprint density at radius 3 is 1.06 bits per heavy atom. The van der Waals surface area contributed by atoms with Crippen molar-refractivity contribution in [2.75, 3.05) is 34.9 Å². The highest BCUT2D eigenvalue weighted by atomic mass is 16.5. The SMILES string of the molecule is CC(C)(c1ccc(C(C)(c2ccc3c(c2)CN(c2cccc4ccccc24)CO3)c2ccc3c(c2)CN(c2cccc4ccccc24)CO3)cc1)c1ccc2c(c1)CN(c1cccc3ccccc13)CO2. The van der Waals surface area contributed by atoms with E-state index >= 15 is 0 Å². The second-order valence-corrected chi connectivity index (χ2v) is 20.2. The summed E-state index contributed by atoms with van der Waals surface area (Å²) in [4.78, 5) is 7.06. The van der Waals surface area contributed by atoms with Crippen LogP contribution in [0, 0.1) is 0 Å². The van der Waals surface area contributed by atoms with Crippen LogP contribution in [0.3, 0.4) is 0 Å². The Bertz CT molecular complexity index is 3520. The molecule has 0 amide bonds. The minimum absolute atomic E-state index is 0.284. The number of fused-ring (bicyclic) bond motifs is 6. The Morgan fingerprint density at radius 1 is 0.324 bits per heavy atom. The van der Waals surface area contributed by atoms with Gasteiger partial charge in [-0.05, 0) is 105 Å². The Morgan fingerprint density at radius 2 is 0.648 bits per heavy atom. The molecular formula is C65H55N3O3. The Kier molecular flexibility index (Phi) is 10.3. The zero-order valence-electron chi connectivity index (χ0n) is 40.4. The minimum Gasteiger partial charge on any atom is -0.473 e. The van der Waals surface area contributed by atoms with E-state index in [1.54, 1.807) is 0 Å². The molecule has 0 fully saturated rings. The zero-order chi connectivity index (χ0) is 47.7. The standard InChI is InChI=1S/C65H55N3O3/c1-64(2,52-29-32-61-47(35-52)38-66(41-69-61)58-22-10-16-44-13-4-7-19-55(44)58)50-25-27-51(28-26-50)65(3,53-30-33-62-48(36-53)39-67(42-70-62)59-23-11-17-45-14-5-8-20-56(45)59)54-31-34-63-49(37-54)40-68(43-71-63)60-24-12-18-46-15-6-9-21-57(46)60/h4-37H,38-43H2,1-3H3. The third kappa shape index (κ3) is 7.40. The number of hydrogen-bond acceptors (Lipinski definition) is 6. The maximum Gasteiger partial charge on any atom is 0.161 e. The summed E-state index contributed by atoms with van der Waals surface area (Å²) in [6, 6.07) is 75.3. The largest absolute Gasteiger partial charge is 0.473 e. The molecule has 71 heavy (non-hydrogen) atoms. The molecule has 0 saturated heterocycles. The average molecular weight is 926 g/mol. The lowest BCUT2D eigenvalue weighted by molar-refractivity contribution is 0.289. The molecule has 13 rings (SSSR count). The van der Waals surface area contributed by atoms with Gasteiger partial charge in [-0.2, -0.15) is 0 Å². The van der Waals surface area contributed by atoms with Crippen molar-refractivity contribution in [3.8, 4) is 17.2 Å². The molecule has 0 radical (unpaired) electrons. The van der Waals surface area contributed by atoms with E-state index < -0.39 is 5.41 Å². The van der Waals surface area contributed by atoms with Crippen LogP contribution in [0.2, 0.25) is 0 Å².